The molecule has 0 fully saturated rings. The Kier molecular flexibility index (Phi) is 11.4. The van der Waals surface area contributed by atoms with E-state index in [2.05, 4.69) is 0 Å². The quantitative estimate of drug-likeness (QED) is 0.626. The van der Waals surface area contributed by atoms with Gasteiger partial charge in [-0.3, -0.25) is 0 Å². The molecule has 0 saturated heterocycles. The van der Waals surface area contributed by atoms with Crippen molar-refractivity contribution in [3.05, 3.63) is 28.8 Å². The summed E-state index contributed by atoms with van der Waals surface area (Å²) < 4.78 is 5.08. The van der Waals surface area contributed by atoms with Crippen LogP contribution < -0.4 is 5.73 Å². The fourth-order valence-corrected chi connectivity index (χ4v) is 1.62. The first-order valence-electron chi connectivity index (χ1n) is 6.49. The predicted octanol–water partition coefficient (Wildman–Crippen LogP) is 4.16. The molecule has 3 heteroatoms. The Bertz CT molecular complexity index is 360. The first-order chi connectivity index (χ1) is 8.56. The van der Waals surface area contributed by atoms with E-state index in [0.29, 0.717) is 18.0 Å². The number of rotatable bonds is 3. The summed E-state index contributed by atoms with van der Waals surface area (Å²) in [5, 5.41) is 7.63. The minimum Gasteiger partial charge on any atom is -0.398 e. The van der Waals surface area contributed by atoms with E-state index in [1.807, 2.05) is 46.8 Å². The number of methoxy groups -OCH3 is 1. The van der Waals surface area contributed by atoms with Gasteiger partial charge in [-0.25, -0.2) is 0 Å². The van der Waals surface area contributed by atoms with Crippen molar-refractivity contribution in [1.82, 2.24) is 0 Å². The summed E-state index contributed by atoms with van der Waals surface area (Å²) in [5.74, 6) is 0. The van der Waals surface area contributed by atoms with Gasteiger partial charge in [-0.15, -0.1) is 0 Å². The van der Waals surface area contributed by atoms with Gasteiger partial charge in [0.15, 0.2) is 0 Å². The molecule has 104 valence electrons. The summed E-state index contributed by atoms with van der Waals surface area (Å²) in [7, 11) is 1.64. The van der Waals surface area contributed by atoms with Crippen molar-refractivity contribution < 1.29 is 4.74 Å². The monoisotopic (exact) mass is 252 g/mol. The van der Waals surface area contributed by atoms with E-state index < -0.39 is 0 Å². The summed E-state index contributed by atoms with van der Waals surface area (Å²) >= 11 is 0. The van der Waals surface area contributed by atoms with Crippen LogP contribution in [0.1, 0.15) is 51.3 Å². The number of ether oxygens (including phenoxy) is 1. The molecule has 0 heterocycles. The molecule has 0 spiro atoms. The van der Waals surface area contributed by atoms with Gasteiger partial charge in [-0.05, 0) is 31.0 Å². The number of hydrogen-bond donors (Lipinski definition) is 2. The maximum Gasteiger partial charge on any atom is 0.0720 e. The van der Waals surface area contributed by atoms with Crippen LogP contribution in [0.3, 0.4) is 0 Å². The van der Waals surface area contributed by atoms with Crippen LogP contribution in [0.5, 0.6) is 0 Å². The third-order valence-electron chi connectivity index (χ3n) is 2.07. The molecule has 0 atom stereocenters. The molecule has 0 bridgehead atoms. The van der Waals surface area contributed by atoms with Crippen molar-refractivity contribution in [1.29, 1.82) is 5.41 Å². The molecule has 0 aromatic heterocycles. The maximum absolute atomic E-state index is 7.63. The Morgan fingerprint density at radius 3 is 2.11 bits per heavy atom. The highest BCUT2D eigenvalue weighted by Gasteiger charge is 2.09. The molecule has 0 saturated carbocycles. The molecule has 3 nitrogen and oxygen atoms in total. The molecule has 0 aliphatic heterocycles. The summed E-state index contributed by atoms with van der Waals surface area (Å²) in [6.45, 7) is 12.2. The maximum atomic E-state index is 7.63. The average Bonchev–Trinajstić information content (AvgIpc) is 2.33. The second-order valence-electron chi connectivity index (χ2n) is 3.45. The summed E-state index contributed by atoms with van der Waals surface area (Å²) in [5.41, 5.74) is 9.88. The first kappa shape index (κ1) is 19.0. The molecule has 1 rings (SSSR count). The van der Waals surface area contributed by atoms with Gasteiger partial charge < -0.3 is 15.9 Å². The lowest BCUT2D eigenvalue weighted by atomic mass is 9.99. The van der Waals surface area contributed by atoms with Crippen LogP contribution in [0, 0.1) is 12.3 Å². The zero-order chi connectivity index (χ0) is 14.7. The number of nitrogens with one attached hydrogen (secondary N) is 1. The molecule has 0 aliphatic carbocycles. The van der Waals surface area contributed by atoms with Crippen molar-refractivity contribution in [2.75, 3.05) is 12.8 Å². The van der Waals surface area contributed by atoms with E-state index >= 15 is 0 Å². The zero-order valence-corrected chi connectivity index (χ0v) is 12.8. The van der Waals surface area contributed by atoms with Gasteiger partial charge in [0.2, 0.25) is 0 Å². The van der Waals surface area contributed by atoms with E-state index in [1.54, 1.807) is 14.0 Å². The van der Waals surface area contributed by atoms with Crippen molar-refractivity contribution in [3.8, 4) is 0 Å². The van der Waals surface area contributed by atoms with Crippen LogP contribution >= 0.6 is 0 Å². The summed E-state index contributed by atoms with van der Waals surface area (Å²) in [4.78, 5) is 0. The lowest BCUT2D eigenvalue weighted by Gasteiger charge is -2.11. The van der Waals surface area contributed by atoms with E-state index in [1.165, 1.54) is 0 Å². The Labute approximate surface area is 112 Å². The van der Waals surface area contributed by atoms with E-state index in [-0.39, 0.29) is 0 Å². The highest BCUT2D eigenvalue weighted by Crippen LogP contribution is 2.21. The second-order valence-corrected chi connectivity index (χ2v) is 3.45. The number of anilines is 1. The molecular weight excluding hydrogens is 224 g/mol. The highest BCUT2D eigenvalue weighted by molar-refractivity contribution is 6.02. The van der Waals surface area contributed by atoms with Crippen LogP contribution in [0.25, 0.3) is 0 Å². The Morgan fingerprint density at radius 2 is 1.72 bits per heavy atom. The standard InChI is InChI=1S/C11H16N2O.2C2H6/c1-7-4-9(6-14-3)11(8(2)12)10(13)5-7;2*1-2/h4-5,12H,6,13H2,1-3H3;2*1-2H3. The van der Waals surface area contributed by atoms with Crippen LogP contribution in [-0.4, -0.2) is 12.8 Å². The first-order valence-corrected chi connectivity index (χ1v) is 6.49. The van der Waals surface area contributed by atoms with Gasteiger partial charge in [0, 0.05) is 24.1 Å². The SMILES string of the molecule is CC.CC.COCc1cc(C)cc(N)c1C(C)=N. The molecular formula is C15H28N2O. The Hall–Kier alpha value is -1.35. The van der Waals surface area contributed by atoms with Crippen LogP contribution in [-0.2, 0) is 11.3 Å². The largest absolute Gasteiger partial charge is 0.398 e. The minimum absolute atomic E-state index is 0.481. The van der Waals surface area contributed by atoms with Crippen LogP contribution in [0.15, 0.2) is 12.1 Å². The third kappa shape index (κ3) is 5.82. The topological polar surface area (TPSA) is 59.1 Å². The number of nitrogen functional groups attached to an aromatic ring is 1. The number of benzene rings is 1. The van der Waals surface area contributed by atoms with Gasteiger partial charge in [-0.2, -0.15) is 0 Å². The lowest BCUT2D eigenvalue weighted by molar-refractivity contribution is 0.185. The molecule has 3 N–H and O–H groups in total. The minimum atomic E-state index is 0.481. The van der Waals surface area contributed by atoms with E-state index in [9.17, 15) is 0 Å². The number of nitrogens with two attached hydrogens (primary N) is 1. The third-order valence-corrected chi connectivity index (χ3v) is 2.07. The number of hydrogen-bond acceptors (Lipinski definition) is 3. The van der Waals surface area contributed by atoms with Gasteiger partial charge in [0.25, 0.3) is 0 Å². The zero-order valence-electron chi connectivity index (χ0n) is 12.8. The highest BCUT2D eigenvalue weighted by atomic mass is 16.5. The van der Waals surface area contributed by atoms with Crippen LogP contribution in [0.4, 0.5) is 5.69 Å². The molecule has 0 aliphatic rings. The molecule has 0 amide bonds. The Morgan fingerprint density at radius 1 is 1.22 bits per heavy atom. The normalized spacial score (nSPS) is 8.61. The van der Waals surface area contributed by atoms with Crippen molar-refractivity contribution in [3.63, 3.8) is 0 Å². The molecule has 0 radical (unpaired) electrons. The molecule has 0 unspecified atom stereocenters. The molecule has 18 heavy (non-hydrogen) atoms. The van der Waals surface area contributed by atoms with E-state index in [4.69, 9.17) is 15.9 Å². The summed E-state index contributed by atoms with van der Waals surface area (Å²) in [6, 6.07) is 3.89. The van der Waals surface area contributed by atoms with Gasteiger partial charge in [0.05, 0.1) is 6.61 Å². The number of aryl methyl sites for hydroxylation is 1. The van der Waals surface area contributed by atoms with Crippen LogP contribution in [0.2, 0.25) is 0 Å². The lowest BCUT2D eigenvalue weighted by Crippen LogP contribution is -2.06. The van der Waals surface area contributed by atoms with Crippen molar-refractivity contribution >= 4 is 11.4 Å². The molecule has 1 aromatic carbocycles. The summed E-state index contributed by atoms with van der Waals surface area (Å²) in [6.07, 6.45) is 0. The predicted molar refractivity (Wildman–Crippen MR) is 81.5 cm³/mol. The second kappa shape index (κ2) is 10.8. The van der Waals surface area contributed by atoms with Gasteiger partial charge >= 0.3 is 0 Å². The van der Waals surface area contributed by atoms with Gasteiger partial charge in [-0.1, -0.05) is 33.8 Å². The molecule has 1 aromatic rings. The Balaban J connectivity index is 0. The van der Waals surface area contributed by atoms with Gasteiger partial charge in [0.1, 0.15) is 0 Å². The fraction of sp³-hybridized carbons (Fsp3) is 0.533. The van der Waals surface area contributed by atoms with Crippen molar-refractivity contribution in [2.45, 2.75) is 48.1 Å². The fourth-order valence-electron chi connectivity index (χ4n) is 1.62. The van der Waals surface area contributed by atoms with Crippen molar-refractivity contribution in [2.24, 2.45) is 0 Å². The average molecular weight is 252 g/mol. The smallest absolute Gasteiger partial charge is 0.0720 e. The van der Waals surface area contributed by atoms with E-state index in [0.717, 1.165) is 16.7 Å².